The van der Waals surface area contributed by atoms with E-state index in [0.717, 1.165) is 31.5 Å². The molecular formula is C19H22F4N2O. The van der Waals surface area contributed by atoms with E-state index in [1.807, 2.05) is 4.90 Å². The topological polar surface area (TPSA) is 23.6 Å². The van der Waals surface area contributed by atoms with Crippen molar-refractivity contribution < 1.29 is 22.4 Å². The molecule has 4 aliphatic rings. The minimum atomic E-state index is -4.68. The molecule has 4 fully saturated rings. The van der Waals surface area contributed by atoms with Crippen LogP contribution in [0.1, 0.15) is 36.8 Å². The third-order valence-electron chi connectivity index (χ3n) is 5.77. The number of amides is 1. The van der Waals surface area contributed by atoms with Gasteiger partial charge in [-0.2, -0.15) is 13.2 Å². The Labute approximate surface area is 150 Å². The molecule has 1 aromatic carbocycles. The first-order chi connectivity index (χ1) is 12.3. The van der Waals surface area contributed by atoms with Crippen molar-refractivity contribution >= 4 is 5.91 Å². The molecule has 0 aromatic heterocycles. The average molecular weight is 370 g/mol. The van der Waals surface area contributed by atoms with Gasteiger partial charge in [-0.3, -0.25) is 9.69 Å². The third-order valence-corrected chi connectivity index (χ3v) is 5.77. The number of hydrogen-bond donors (Lipinski definition) is 0. The molecule has 3 heterocycles. The first-order valence-electron chi connectivity index (χ1n) is 9.19. The fraction of sp³-hybridized carbons (Fsp3) is 0.632. The summed E-state index contributed by atoms with van der Waals surface area (Å²) in [5.74, 6) is -0.434. The minimum absolute atomic E-state index is 0.0493. The van der Waals surface area contributed by atoms with E-state index in [0.29, 0.717) is 31.1 Å². The van der Waals surface area contributed by atoms with E-state index in [9.17, 15) is 22.4 Å². The Hall–Kier alpha value is -1.63. The summed E-state index contributed by atoms with van der Waals surface area (Å²) in [4.78, 5) is 16.8. The lowest BCUT2D eigenvalue weighted by Crippen LogP contribution is -2.48. The maximum atomic E-state index is 13.8. The predicted octanol–water partition coefficient (Wildman–Crippen LogP) is 3.68. The van der Waals surface area contributed by atoms with Gasteiger partial charge in [-0.05, 0) is 49.3 Å². The number of nitrogens with zero attached hydrogens (tertiary/aromatic N) is 2. The van der Waals surface area contributed by atoms with Gasteiger partial charge in [-0.1, -0.05) is 6.07 Å². The highest BCUT2D eigenvalue weighted by Gasteiger charge is 2.42. The molecule has 26 heavy (non-hydrogen) atoms. The van der Waals surface area contributed by atoms with Crippen molar-refractivity contribution in [1.29, 1.82) is 0 Å². The Kier molecular flexibility index (Phi) is 4.45. The summed E-state index contributed by atoms with van der Waals surface area (Å²) in [6, 6.07) is 3.28. The number of alkyl halides is 3. The van der Waals surface area contributed by atoms with Gasteiger partial charge in [0.2, 0.25) is 5.91 Å². The number of hydrogen-bond acceptors (Lipinski definition) is 2. The fourth-order valence-corrected chi connectivity index (χ4v) is 4.22. The van der Waals surface area contributed by atoms with Crippen LogP contribution in [0, 0.1) is 17.7 Å². The van der Waals surface area contributed by atoms with E-state index in [-0.39, 0.29) is 17.9 Å². The van der Waals surface area contributed by atoms with Crippen molar-refractivity contribution in [2.45, 2.75) is 44.4 Å². The quantitative estimate of drug-likeness (QED) is 0.755. The third kappa shape index (κ3) is 3.59. The highest BCUT2D eigenvalue weighted by Crippen LogP contribution is 2.36. The van der Waals surface area contributed by atoms with Crippen LogP contribution in [-0.2, 0) is 17.5 Å². The van der Waals surface area contributed by atoms with Crippen molar-refractivity contribution in [2.24, 2.45) is 11.8 Å². The van der Waals surface area contributed by atoms with Gasteiger partial charge in [0.15, 0.2) is 0 Å². The number of rotatable bonds is 4. The van der Waals surface area contributed by atoms with E-state index in [4.69, 9.17) is 0 Å². The van der Waals surface area contributed by atoms with Gasteiger partial charge >= 0.3 is 6.18 Å². The summed E-state index contributed by atoms with van der Waals surface area (Å²) in [6.45, 7) is 2.51. The van der Waals surface area contributed by atoms with Crippen molar-refractivity contribution in [1.82, 2.24) is 9.80 Å². The molecule has 7 heteroatoms. The normalized spacial score (nSPS) is 27.1. The molecule has 0 spiro atoms. The van der Waals surface area contributed by atoms with Crippen molar-refractivity contribution in [3.8, 4) is 0 Å². The molecule has 3 nitrogen and oxygen atoms in total. The number of halogens is 4. The van der Waals surface area contributed by atoms with Crippen LogP contribution in [0.2, 0.25) is 0 Å². The van der Waals surface area contributed by atoms with Crippen LogP contribution >= 0.6 is 0 Å². The van der Waals surface area contributed by atoms with Crippen LogP contribution in [0.15, 0.2) is 18.2 Å². The maximum absolute atomic E-state index is 13.8. The van der Waals surface area contributed by atoms with Crippen LogP contribution in [0.3, 0.4) is 0 Å². The van der Waals surface area contributed by atoms with Crippen molar-refractivity contribution in [3.05, 3.63) is 35.1 Å². The molecule has 142 valence electrons. The molecule has 1 amide bonds. The molecule has 1 aliphatic carbocycles. The van der Waals surface area contributed by atoms with Gasteiger partial charge < -0.3 is 4.90 Å². The highest BCUT2D eigenvalue weighted by atomic mass is 19.4. The van der Waals surface area contributed by atoms with E-state index in [2.05, 4.69) is 4.90 Å². The molecule has 0 unspecified atom stereocenters. The number of fused-ring (bicyclic) bond motifs is 4. The van der Waals surface area contributed by atoms with E-state index in [1.165, 1.54) is 18.9 Å². The summed E-state index contributed by atoms with van der Waals surface area (Å²) in [5, 5.41) is 0. The summed E-state index contributed by atoms with van der Waals surface area (Å²) >= 11 is 0. The second kappa shape index (κ2) is 6.51. The Morgan fingerprint density at radius 1 is 1.08 bits per heavy atom. The second-order valence-electron chi connectivity index (χ2n) is 7.87. The van der Waals surface area contributed by atoms with Gasteiger partial charge in [0, 0.05) is 32.2 Å². The summed E-state index contributed by atoms with van der Waals surface area (Å²) in [6.07, 6.45) is -0.463. The van der Waals surface area contributed by atoms with Crippen LogP contribution in [0.4, 0.5) is 17.6 Å². The molecule has 2 bridgehead atoms. The largest absolute Gasteiger partial charge is 0.419 e. The zero-order chi connectivity index (χ0) is 18.5. The molecule has 1 saturated carbocycles. The molecule has 0 radical (unpaired) electrons. The number of carbonyl (C=O) groups is 1. The molecule has 1 aromatic rings. The standard InChI is InChI=1S/C19H22F4N2O/c20-17-7-13(3-6-16(17)19(21,22)23)8-24-10-14-4-5-15(11-24)25(18(14)26)9-12-1-2-12/h3,6-7,12,14-15H,1-2,4-5,8-11H2/t14-,15+/m0/s1. The van der Waals surface area contributed by atoms with Crippen LogP contribution < -0.4 is 0 Å². The van der Waals surface area contributed by atoms with E-state index >= 15 is 0 Å². The summed E-state index contributed by atoms with van der Waals surface area (Å²) in [5.41, 5.74) is -0.721. The SMILES string of the molecule is O=C1[C@H]2CC[C@H](CN(Cc3ccc(C(F)(F)F)c(F)c3)C2)N1CC1CC1. The molecule has 5 rings (SSSR count). The van der Waals surface area contributed by atoms with Crippen LogP contribution in [0.25, 0.3) is 0 Å². The van der Waals surface area contributed by atoms with Gasteiger partial charge in [0.25, 0.3) is 0 Å². The maximum Gasteiger partial charge on any atom is 0.419 e. The molecule has 3 saturated heterocycles. The molecule has 2 atom stereocenters. The monoisotopic (exact) mass is 370 g/mol. The zero-order valence-corrected chi connectivity index (χ0v) is 14.4. The lowest BCUT2D eigenvalue weighted by Gasteiger charge is -2.36. The number of benzene rings is 1. The Balaban J connectivity index is 1.47. The second-order valence-corrected chi connectivity index (χ2v) is 7.87. The lowest BCUT2D eigenvalue weighted by molar-refractivity contribution is -0.140. The molecule has 0 N–H and O–H groups in total. The van der Waals surface area contributed by atoms with E-state index in [1.54, 1.807) is 0 Å². The van der Waals surface area contributed by atoms with Gasteiger partial charge in [0.1, 0.15) is 5.82 Å². The van der Waals surface area contributed by atoms with Gasteiger partial charge in [0.05, 0.1) is 11.5 Å². The summed E-state index contributed by atoms with van der Waals surface area (Å²) in [7, 11) is 0. The molecule has 3 aliphatic heterocycles. The smallest absolute Gasteiger partial charge is 0.338 e. The predicted molar refractivity (Wildman–Crippen MR) is 87.6 cm³/mol. The summed E-state index contributed by atoms with van der Waals surface area (Å²) < 4.78 is 51.9. The fourth-order valence-electron chi connectivity index (χ4n) is 4.22. The van der Waals surface area contributed by atoms with Crippen LogP contribution in [-0.4, -0.2) is 41.4 Å². The van der Waals surface area contributed by atoms with Crippen molar-refractivity contribution in [2.75, 3.05) is 19.6 Å². The Bertz CT molecular complexity index is 701. The molecular weight excluding hydrogens is 348 g/mol. The number of carbonyl (C=O) groups excluding carboxylic acids is 1. The van der Waals surface area contributed by atoms with Crippen molar-refractivity contribution in [3.63, 3.8) is 0 Å². The first kappa shape index (κ1) is 17.8. The first-order valence-corrected chi connectivity index (χ1v) is 9.19. The van der Waals surface area contributed by atoms with Crippen LogP contribution in [0.5, 0.6) is 0 Å². The van der Waals surface area contributed by atoms with Gasteiger partial charge in [-0.15, -0.1) is 0 Å². The zero-order valence-electron chi connectivity index (χ0n) is 14.4. The average Bonchev–Trinajstić information content (AvgIpc) is 3.37. The number of piperidine rings is 1. The lowest BCUT2D eigenvalue weighted by atomic mass is 9.94. The Morgan fingerprint density at radius 2 is 1.85 bits per heavy atom. The minimum Gasteiger partial charge on any atom is -0.338 e. The Morgan fingerprint density at radius 3 is 2.50 bits per heavy atom. The van der Waals surface area contributed by atoms with Gasteiger partial charge in [-0.25, -0.2) is 4.39 Å². The van der Waals surface area contributed by atoms with E-state index < -0.39 is 17.6 Å². The highest BCUT2D eigenvalue weighted by molar-refractivity contribution is 5.80.